The van der Waals surface area contributed by atoms with E-state index in [0.717, 1.165) is 11.8 Å². The topological polar surface area (TPSA) is 3.24 Å². The fraction of sp³-hybridized carbons (Fsp3) is 0.778. The van der Waals surface area contributed by atoms with E-state index in [-0.39, 0.29) is 0 Å². The molecule has 0 saturated carbocycles. The van der Waals surface area contributed by atoms with Gasteiger partial charge < -0.3 is 4.90 Å². The van der Waals surface area contributed by atoms with Crippen LogP contribution in [-0.2, 0) is 0 Å². The molecule has 0 atom stereocenters. The van der Waals surface area contributed by atoms with Crippen molar-refractivity contribution in [2.45, 2.75) is 53.9 Å². The van der Waals surface area contributed by atoms with E-state index in [4.69, 9.17) is 0 Å². The van der Waals surface area contributed by atoms with Crippen molar-refractivity contribution in [3.8, 4) is 0 Å². The van der Waals surface area contributed by atoms with E-state index in [1.807, 2.05) is 0 Å². The van der Waals surface area contributed by atoms with Crippen molar-refractivity contribution in [1.29, 1.82) is 0 Å². The van der Waals surface area contributed by atoms with Gasteiger partial charge in [-0.05, 0) is 57.0 Å². The van der Waals surface area contributed by atoms with Crippen molar-refractivity contribution >= 4 is 0 Å². The maximum absolute atomic E-state index is 2.63. The highest BCUT2D eigenvalue weighted by atomic mass is 15.1. The summed E-state index contributed by atoms with van der Waals surface area (Å²) in [5, 5.41) is 0. The maximum atomic E-state index is 2.63. The van der Waals surface area contributed by atoms with E-state index >= 15 is 0 Å². The van der Waals surface area contributed by atoms with Crippen molar-refractivity contribution in [2.24, 2.45) is 17.8 Å². The summed E-state index contributed by atoms with van der Waals surface area (Å²) in [6.45, 7) is 15.2. The Balaban J connectivity index is 2.24. The van der Waals surface area contributed by atoms with Crippen LogP contribution in [-0.4, -0.2) is 24.5 Å². The Morgan fingerprint density at radius 1 is 1.16 bits per heavy atom. The zero-order valence-corrected chi connectivity index (χ0v) is 13.7. The SMILES string of the molecule is CC(C=CCC1CCN(CC(C)C)CC1)=CC(C)C. The number of likely N-dealkylation sites (tertiary alicyclic amines) is 1. The molecule has 19 heavy (non-hydrogen) atoms. The third-order valence-electron chi connectivity index (χ3n) is 3.78. The first-order valence-corrected chi connectivity index (χ1v) is 8.04. The number of hydrogen-bond acceptors (Lipinski definition) is 1. The summed E-state index contributed by atoms with van der Waals surface area (Å²) in [6, 6.07) is 0. The molecule has 1 nitrogen and oxygen atoms in total. The highest BCUT2D eigenvalue weighted by Crippen LogP contribution is 2.21. The highest BCUT2D eigenvalue weighted by molar-refractivity contribution is 5.16. The molecule has 0 N–H and O–H groups in total. The van der Waals surface area contributed by atoms with E-state index in [1.165, 1.54) is 44.5 Å². The number of allylic oxidation sites excluding steroid dienone is 4. The first kappa shape index (κ1) is 16.5. The van der Waals surface area contributed by atoms with Crippen LogP contribution < -0.4 is 0 Å². The van der Waals surface area contributed by atoms with Gasteiger partial charge in [-0.25, -0.2) is 0 Å². The summed E-state index contributed by atoms with van der Waals surface area (Å²) in [6.07, 6.45) is 11.0. The van der Waals surface area contributed by atoms with Crippen LogP contribution in [0.2, 0.25) is 0 Å². The Morgan fingerprint density at radius 2 is 1.79 bits per heavy atom. The molecule has 0 radical (unpaired) electrons. The Labute approximate surface area is 120 Å². The Hall–Kier alpha value is -0.560. The van der Waals surface area contributed by atoms with E-state index in [1.54, 1.807) is 0 Å². The first-order valence-electron chi connectivity index (χ1n) is 8.04. The summed E-state index contributed by atoms with van der Waals surface area (Å²) in [7, 11) is 0. The molecule has 0 aromatic heterocycles. The minimum atomic E-state index is 0.656. The van der Waals surface area contributed by atoms with Crippen LogP contribution in [0.4, 0.5) is 0 Å². The molecule has 1 aliphatic rings. The fourth-order valence-electron chi connectivity index (χ4n) is 2.95. The lowest BCUT2D eigenvalue weighted by Gasteiger charge is -2.32. The average Bonchev–Trinajstić information content (AvgIpc) is 2.29. The Morgan fingerprint density at radius 3 is 2.32 bits per heavy atom. The molecule has 0 aromatic carbocycles. The number of nitrogens with zero attached hydrogens (tertiary/aromatic N) is 1. The molecule has 0 amide bonds. The minimum absolute atomic E-state index is 0.656. The summed E-state index contributed by atoms with van der Waals surface area (Å²) in [5.41, 5.74) is 1.41. The van der Waals surface area contributed by atoms with Crippen molar-refractivity contribution in [3.63, 3.8) is 0 Å². The fourth-order valence-corrected chi connectivity index (χ4v) is 2.95. The van der Waals surface area contributed by atoms with Crippen LogP contribution in [0.5, 0.6) is 0 Å². The predicted octanol–water partition coefficient (Wildman–Crippen LogP) is 4.90. The Kier molecular flexibility index (Phi) is 7.45. The highest BCUT2D eigenvalue weighted by Gasteiger charge is 2.18. The lowest BCUT2D eigenvalue weighted by atomic mass is 9.92. The zero-order chi connectivity index (χ0) is 14.3. The third kappa shape index (κ3) is 7.57. The van der Waals surface area contributed by atoms with Crippen LogP contribution in [0, 0.1) is 17.8 Å². The van der Waals surface area contributed by atoms with Crippen LogP contribution >= 0.6 is 0 Å². The molecule has 1 heteroatoms. The molecular formula is C18H33N. The second kappa shape index (κ2) is 8.58. The number of rotatable bonds is 6. The van der Waals surface area contributed by atoms with Gasteiger partial charge in [-0.3, -0.25) is 0 Å². The molecule has 110 valence electrons. The van der Waals surface area contributed by atoms with E-state index < -0.39 is 0 Å². The Bertz CT molecular complexity index is 291. The van der Waals surface area contributed by atoms with Gasteiger partial charge in [-0.1, -0.05) is 51.5 Å². The molecule has 1 rings (SSSR count). The molecule has 0 aliphatic carbocycles. The van der Waals surface area contributed by atoms with Gasteiger partial charge in [-0.15, -0.1) is 0 Å². The summed E-state index contributed by atoms with van der Waals surface area (Å²) >= 11 is 0. The normalized spacial score (nSPS) is 20.1. The summed E-state index contributed by atoms with van der Waals surface area (Å²) in [5.74, 6) is 2.37. The summed E-state index contributed by atoms with van der Waals surface area (Å²) in [4.78, 5) is 2.63. The maximum Gasteiger partial charge on any atom is 0.000439 e. The number of piperidine rings is 1. The third-order valence-corrected chi connectivity index (χ3v) is 3.78. The van der Waals surface area contributed by atoms with Gasteiger partial charge in [0.1, 0.15) is 0 Å². The van der Waals surface area contributed by atoms with Gasteiger partial charge in [0.25, 0.3) is 0 Å². The average molecular weight is 263 g/mol. The first-order chi connectivity index (χ1) is 8.97. The lowest BCUT2D eigenvalue weighted by Crippen LogP contribution is -2.36. The molecule has 0 bridgehead atoms. The quantitative estimate of drug-likeness (QED) is 0.616. The largest absolute Gasteiger partial charge is 0.303 e. The van der Waals surface area contributed by atoms with Gasteiger partial charge in [-0.2, -0.15) is 0 Å². The molecule has 1 aliphatic heterocycles. The van der Waals surface area contributed by atoms with E-state index in [0.29, 0.717) is 5.92 Å². The molecule has 1 heterocycles. The monoisotopic (exact) mass is 263 g/mol. The van der Waals surface area contributed by atoms with Crippen LogP contribution in [0.15, 0.2) is 23.8 Å². The van der Waals surface area contributed by atoms with E-state index in [2.05, 4.69) is 57.7 Å². The van der Waals surface area contributed by atoms with Gasteiger partial charge in [0.2, 0.25) is 0 Å². The van der Waals surface area contributed by atoms with Gasteiger partial charge >= 0.3 is 0 Å². The molecule has 0 unspecified atom stereocenters. The standard InChI is InChI=1S/C18H33N/c1-15(2)13-17(5)7-6-8-18-9-11-19(12-10-18)14-16(3)4/h6-7,13,15-16,18H,8-12,14H2,1-5H3. The van der Waals surface area contributed by atoms with Crippen LogP contribution in [0.25, 0.3) is 0 Å². The van der Waals surface area contributed by atoms with Crippen LogP contribution in [0.3, 0.4) is 0 Å². The number of hydrogen-bond donors (Lipinski definition) is 0. The molecule has 1 fully saturated rings. The van der Waals surface area contributed by atoms with Crippen molar-refractivity contribution in [1.82, 2.24) is 4.90 Å². The molecule has 1 saturated heterocycles. The lowest BCUT2D eigenvalue weighted by molar-refractivity contribution is 0.169. The van der Waals surface area contributed by atoms with Crippen molar-refractivity contribution in [2.75, 3.05) is 19.6 Å². The van der Waals surface area contributed by atoms with Crippen molar-refractivity contribution < 1.29 is 0 Å². The second-order valence-corrected chi connectivity index (χ2v) is 6.93. The predicted molar refractivity (Wildman–Crippen MR) is 86.4 cm³/mol. The van der Waals surface area contributed by atoms with Crippen LogP contribution in [0.1, 0.15) is 53.9 Å². The second-order valence-electron chi connectivity index (χ2n) is 6.93. The van der Waals surface area contributed by atoms with Gasteiger partial charge in [0.15, 0.2) is 0 Å². The zero-order valence-electron chi connectivity index (χ0n) is 13.7. The smallest absolute Gasteiger partial charge is 0.000439 e. The summed E-state index contributed by atoms with van der Waals surface area (Å²) < 4.78 is 0. The van der Waals surface area contributed by atoms with Gasteiger partial charge in [0.05, 0.1) is 0 Å². The molecule has 0 aromatic rings. The van der Waals surface area contributed by atoms with Crippen molar-refractivity contribution in [3.05, 3.63) is 23.8 Å². The minimum Gasteiger partial charge on any atom is -0.303 e. The van der Waals surface area contributed by atoms with E-state index in [9.17, 15) is 0 Å². The van der Waals surface area contributed by atoms with Gasteiger partial charge in [0, 0.05) is 6.54 Å². The molecule has 0 spiro atoms. The molecular weight excluding hydrogens is 230 g/mol.